The number of hydrogen-bond donors (Lipinski definition) is 4. The smallest absolute Gasteiger partial charge is 0.453 e. The topological polar surface area (TPSA) is 260 Å². The Bertz CT molecular complexity index is 6010. The van der Waals surface area contributed by atoms with E-state index in [-0.39, 0.29) is 58.0 Å². The summed E-state index contributed by atoms with van der Waals surface area (Å²) in [7, 11) is 1.15. The zero-order chi connectivity index (χ0) is 92.0. The highest BCUT2D eigenvalue weighted by atomic mass is 19.4. The fraction of sp³-hybridized carbons (Fsp3) is 0.182. The first-order valence-corrected chi connectivity index (χ1v) is 37.5. The molecule has 12 aromatic rings. The Balaban J connectivity index is 0.000000190. The maximum atomic E-state index is 13.4. The van der Waals surface area contributed by atoms with Crippen LogP contribution in [0.1, 0.15) is 66.2 Å². The van der Waals surface area contributed by atoms with Crippen molar-refractivity contribution in [3.05, 3.63) is 308 Å². The van der Waals surface area contributed by atoms with E-state index in [1.807, 2.05) is 13.8 Å². The molecule has 38 heteroatoms. The fourth-order valence-corrected chi connectivity index (χ4v) is 11.7. The van der Waals surface area contributed by atoms with Gasteiger partial charge in [0.05, 0.1) is 36.0 Å². The number of nitrogens with zero attached hydrogens (tertiary/aromatic N) is 4. The molecule has 4 N–H and O–H groups in total. The van der Waals surface area contributed by atoms with Gasteiger partial charge < -0.3 is 39.1 Å². The number of hydrogen-bond acceptors (Lipinski definition) is 14. The average molecular weight is 1770 g/mol. The first-order chi connectivity index (χ1) is 59.5. The summed E-state index contributed by atoms with van der Waals surface area (Å²) in [4.78, 5) is 98.8. The van der Waals surface area contributed by atoms with Crippen LogP contribution in [0.3, 0.4) is 0 Å². The number of pyridine rings is 4. The summed E-state index contributed by atoms with van der Waals surface area (Å²) in [5, 5.41) is 10.3. The molecule has 12 rings (SSSR count). The van der Waals surface area contributed by atoms with Gasteiger partial charge >= 0.3 is 37.6 Å². The molecular weight excluding hydrogens is 1700 g/mol. The van der Waals surface area contributed by atoms with Crippen molar-refractivity contribution in [1.82, 2.24) is 18.3 Å². The summed E-state index contributed by atoms with van der Waals surface area (Å²) in [5.74, 6) is -4.11. The number of benzene rings is 8. The fourth-order valence-electron chi connectivity index (χ4n) is 11.7. The summed E-state index contributed by atoms with van der Waals surface area (Å²) in [6, 6.07) is 45.3. The van der Waals surface area contributed by atoms with Crippen LogP contribution in [0.25, 0.3) is 67.3 Å². The van der Waals surface area contributed by atoms with E-state index in [2.05, 4.69) is 45.0 Å². The maximum absolute atomic E-state index is 13.4. The Labute approximate surface area is 704 Å². The third-order valence-corrected chi connectivity index (χ3v) is 17.3. The van der Waals surface area contributed by atoms with Gasteiger partial charge in [-0.05, 0) is 195 Å². The molecule has 660 valence electrons. The molecule has 0 unspecified atom stereocenters. The molecule has 4 heterocycles. The van der Waals surface area contributed by atoms with Crippen LogP contribution in [0.4, 0.5) is 103 Å². The third kappa shape index (κ3) is 28.6. The van der Waals surface area contributed by atoms with Gasteiger partial charge in [-0.2, -0.15) is 0 Å². The second kappa shape index (κ2) is 42.3. The Morgan fingerprint density at radius 2 is 0.563 bits per heavy atom. The highest BCUT2D eigenvalue weighted by Gasteiger charge is 2.34. The number of carbonyl (C=O) groups excluding carboxylic acids is 4. The van der Waals surface area contributed by atoms with Crippen LogP contribution in [0.15, 0.2) is 262 Å². The van der Waals surface area contributed by atoms with Gasteiger partial charge in [-0.1, -0.05) is 75.2 Å². The Morgan fingerprint density at radius 1 is 0.325 bits per heavy atom. The number of unbranched alkanes of at least 4 members (excludes halogenated alkanes) is 2. The number of anilines is 4. The maximum Gasteiger partial charge on any atom is 0.573 e. The van der Waals surface area contributed by atoms with E-state index in [1.54, 1.807) is 13.8 Å². The number of ether oxygens (including phenoxy) is 6. The minimum atomic E-state index is -4.84. The van der Waals surface area contributed by atoms with E-state index in [0.29, 0.717) is 69.5 Å². The highest BCUT2D eigenvalue weighted by Crippen LogP contribution is 2.36. The molecular formula is C88H72F16N8O14. The molecule has 22 nitrogen and oxygen atoms in total. The summed E-state index contributed by atoms with van der Waals surface area (Å²) < 4.78 is 232. The molecule has 0 atom stereocenters. The van der Waals surface area contributed by atoms with Gasteiger partial charge in [0.15, 0.2) is 0 Å². The first kappa shape index (κ1) is 95.0. The largest absolute Gasteiger partial charge is 0.573 e. The van der Waals surface area contributed by atoms with Gasteiger partial charge in [-0.3, -0.25) is 57.7 Å². The summed E-state index contributed by atoms with van der Waals surface area (Å²) in [6.45, 7) is 7.17. The van der Waals surface area contributed by atoms with Crippen LogP contribution < -0.4 is 62.5 Å². The summed E-state index contributed by atoms with van der Waals surface area (Å²) >= 11 is 0. The number of methoxy groups -OCH3 is 1. The molecule has 4 amide bonds. The van der Waals surface area contributed by atoms with Crippen molar-refractivity contribution >= 4 is 46.8 Å². The van der Waals surface area contributed by atoms with Crippen molar-refractivity contribution in [2.45, 2.75) is 97.8 Å². The van der Waals surface area contributed by atoms with Crippen LogP contribution in [0, 0.1) is 23.3 Å². The highest BCUT2D eigenvalue weighted by molar-refractivity contribution is 5.97. The number of aromatic nitrogens is 4. The molecule has 0 bridgehead atoms. The first-order valence-electron chi connectivity index (χ1n) is 37.5. The van der Waals surface area contributed by atoms with E-state index < -0.39 is 112 Å². The van der Waals surface area contributed by atoms with E-state index in [9.17, 15) is 109 Å². The summed E-state index contributed by atoms with van der Waals surface area (Å²) in [5.41, 5.74) is 3.35. The van der Waals surface area contributed by atoms with E-state index in [4.69, 9.17) is 4.74 Å². The van der Waals surface area contributed by atoms with Crippen molar-refractivity contribution in [3.8, 4) is 90.3 Å². The zero-order valence-electron chi connectivity index (χ0n) is 66.5. The average Bonchev–Trinajstić information content (AvgIpc) is 0.801. The van der Waals surface area contributed by atoms with E-state index in [0.717, 1.165) is 80.6 Å². The van der Waals surface area contributed by atoms with Crippen LogP contribution in [0.5, 0.6) is 23.0 Å². The van der Waals surface area contributed by atoms with Crippen molar-refractivity contribution in [2.24, 2.45) is 0 Å². The lowest BCUT2D eigenvalue weighted by atomic mass is 10.0. The minimum Gasteiger partial charge on any atom is -0.453 e. The predicted octanol–water partition coefficient (Wildman–Crippen LogP) is 21.6. The molecule has 0 aliphatic heterocycles. The zero-order valence-corrected chi connectivity index (χ0v) is 66.5. The lowest BCUT2D eigenvalue weighted by Gasteiger charge is -2.16. The molecule has 4 aromatic heterocycles. The SMILES string of the molecule is CC(C)OC(=O)Nc1cc(=O)n(-c2ccc(OC(F)(F)F)cc2)cc1-c1ccc(F)cc1.CCCC(=O)Nc1cc(=O)n(-c2ccc(OC(F)(F)F)cc2)cc1-c1ccc(F)cc1.CCCCCC(=O)Nc1cc(=O)n(-c2ccc(OC(F)(F)F)cc2)cc1-c1ccc(F)cc1.COC(=O)Nc1cc(=O)n(-c2ccc(OC(F)(F)F)cc2)cc1-c1ccc(F)cc1. The minimum absolute atomic E-state index is 0.117. The van der Waals surface area contributed by atoms with Crippen molar-refractivity contribution < 1.29 is 118 Å². The van der Waals surface area contributed by atoms with Crippen LogP contribution >= 0.6 is 0 Å². The Morgan fingerprint density at radius 3 is 0.786 bits per heavy atom. The lowest BCUT2D eigenvalue weighted by molar-refractivity contribution is -0.275. The molecule has 0 aliphatic carbocycles. The summed E-state index contributed by atoms with van der Waals surface area (Å²) in [6.07, 6.45) is -12.0. The molecule has 0 spiro atoms. The number of carbonyl (C=O) groups is 4. The van der Waals surface area contributed by atoms with Gasteiger partial charge in [0, 0.05) is 107 Å². The van der Waals surface area contributed by atoms with Gasteiger partial charge in [0.1, 0.15) is 46.3 Å². The number of amides is 4. The number of rotatable bonds is 23. The number of halogens is 16. The molecule has 0 saturated heterocycles. The van der Waals surface area contributed by atoms with Crippen LogP contribution in [-0.2, 0) is 19.1 Å². The van der Waals surface area contributed by atoms with E-state index in [1.165, 1.54) is 201 Å². The Kier molecular flexibility index (Phi) is 31.9. The van der Waals surface area contributed by atoms with Crippen molar-refractivity contribution in [3.63, 3.8) is 0 Å². The standard InChI is InChI=1S/C24H22F4N2O3.C22H18F4N2O4.C22H18F4N2O3.C20H14F4N2O4/c1-2-3-4-5-22(31)29-21-14-23(32)30(15-20(21)16-6-8-17(25)9-7-16)18-10-12-19(13-11-18)33-24(26,27)28;1-13(2)31-21(30)27-19-11-20(29)28(12-18(19)14-3-5-15(23)6-4-14)16-7-9-17(10-8-16)32-22(24,25)26;1-2-3-20(29)27-19-12-21(30)28(13-18(19)14-4-6-15(23)7-5-14)16-8-10-17(11-9-16)31-22(24,25)26;1-29-19(28)25-17-10-18(27)26(11-16(17)12-2-4-13(21)5-3-12)14-6-8-15(9-7-14)30-20(22,23)24/h6-15H,2-5H2,1H3,(H,29,31);3-13H,1-2H3,(H,27,30);4-13H,2-3H2,1H3,(H,27,29);2-11H,1H3,(H,25,28). The van der Waals surface area contributed by atoms with Crippen LogP contribution in [-0.4, -0.2) is 80.9 Å². The number of alkyl halides is 12. The molecule has 0 fully saturated rings. The van der Waals surface area contributed by atoms with Gasteiger partial charge in [0.2, 0.25) is 11.8 Å². The van der Waals surface area contributed by atoms with Gasteiger partial charge in [-0.25, -0.2) is 27.2 Å². The molecule has 8 aromatic carbocycles. The molecule has 0 saturated carbocycles. The predicted molar refractivity (Wildman–Crippen MR) is 434 cm³/mol. The second-order valence-electron chi connectivity index (χ2n) is 26.9. The van der Waals surface area contributed by atoms with Crippen molar-refractivity contribution in [2.75, 3.05) is 28.4 Å². The Hall–Kier alpha value is -14.9. The molecule has 0 radical (unpaired) electrons. The molecule has 126 heavy (non-hydrogen) atoms. The second-order valence-corrected chi connectivity index (χ2v) is 26.9. The monoisotopic (exact) mass is 1770 g/mol. The van der Waals surface area contributed by atoms with E-state index >= 15 is 0 Å². The normalized spacial score (nSPS) is 11.3. The van der Waals surface area contributed by atoms with Crippen molar-refractivity contribution in [1.29, 1.82) is 0 Å². The number of nitrogens with one attached hydrogen (secondary N) is 4. The lowest BCUT2D eigenvalue weighted by Crippen LogP contribution is -2.22. The molecule has 0 aliphatic rings. The van der Waals surface area contributed by atoms with Gasteiger partial charge in [-0.15, -0.1) is 52.7 Å². The quantitative estimate of drug-likeness (QED) is 0.0343. The third-order valence-electron chi connectivity index (χ3n) is 17.3. The van der Waals surface area contributed by atoms with Gasteiger partial charge in [0.25, 0.3) is 22.2 Å². The van der Waals surface area contributed by atoms with Crippen LogP contribution in [0.2, 0.25) is 0 Å².